The number of methoxy groups -OCH3 is 1. The van der Waals surface area contributed by atoms with Gasteiger partial charge >= 0.3 is 0 Å². The van der Waals surface area contributed by atoms with Crippen LogP contribution in [0.15, 0.2) is 30.3 Å². The zero-order chi connectivity index (χ0) is 12.9. The van der Waals surface area contributed by atoms with Crippen molar-refractivity contribution in [3.63, 3.8) is 0 Å². The van der Waals surface area contributed by atoms with Gasteiger partial charge in [-0.25, -0.2) is 0 Å². The van der Waals surface area contributed by atoms with E-state index < -0.39 is 11.6 Å². The topological polar surface area (TPSA) is 58.6 Å². The minimum absolute atomic E-state index is 0.167. The molecule has 0 fully saturated rings. The van der Waals surface area contributed by atoms with Gasteiger partial charge in [0.25, 0.3) is 0 Å². The maximum atomic E-state index is 11.8. The predicted molar refractivity (Wildman–Crippen MR) is 65.5 cm³/mol. The molecule has 0 saturated carbocycles. The highest BCUT2D eigenvalue weighted by Gasteiger charge is 2.29. The molecule has 0 radical (unpaired) electrons. The number of nitrogens with one attached hydrogen (secondary N) is 1. The number of aliphatic hydroxyl groups is 1. The number of ether oxygens (including phenoxy) is 1. The number of carbonyl (C=O) groups is 1. The molecule has 4 nitrogen and oxygen atoms in total. The van der Waals surface area contributed by atoms with Crippen molar-refractivity contribution in [1.29, 1.82) is 0 Å². The third-order valence-electron chi connectivity index (χ3n) is 2.85. The van der Waals surface area contributed by atoms with Crippen molar-refractivity contribution >= 4 is 5.91 Å². The Bertz CT molecular complexity index is 366. The summed E-state index contributed by atoms with van der Waals surface area (Å²) < 4.78 is 4.94. The Hall–Kier alpha value is -1.39. The van der Waals surface area contributed by atoms with Crippen LogP contribution < -0.4 is 5.32 Å². The first-order chi connectivity index (χ1) is 8.03. The van der Waals surface area contributed by atoms with Gasteiger partial charge in [0.05, 0.1) is 12.1 Å². The van der Waals surface area contributed by atoms with Gasteiger partial charge in [0, 0.05) is 7.11 Å². The molecular formula is C13H19NO3. The molecule has 17 heavy (non-hydrogen) atoms. The van der Waals surface area contributed by atoms with Gasteiger partial charge in [-0.05, 0) is 19.4 Å². The quantitative estimate of drug-likeness (QED) is 0.804. The molecule has 4 heteroatoms. The summed E-state index contributed by atoms with van der Waals surface area (Å²) in [6, 6.07) is 9.37. The van der Waals surface area contributed by atoms with Gasteiger partial charge in [0.1, 0.15) is 6.10 Å². The highest BCUT2D eigenvalue weighted by molar-refractivity contribution is 5.81. The van der Waals surface area contributed by atoms with Gasteiger partial charge in [0.15, 0.2) is 0 Å². The molecule has 1 amide bonds. The molecule has 0 aromatic heterocycles. The summed E-state index contributed by atoms with van der Waals surface area (Å²) in [5.41, 5.74) is 0.0738. The number of aliphatic hydroxyl groups excluding tert-OH is 1. The Kier molecular flexibility index (Phi) is 4.66. The average Bonchev–Trinajstić information content (AvgIpc) is 2.38. The first-order valence-electron chi connectivity index (χ1n) is 5.54. The fourth-order valence-corrected chi connectivity index (χ4v) is 1.49. The second kappa shape index (κ2) is 5.80. The fourth-order valence-electron chi connectivity index (χ4n) is 1.49. The number of carbonyl (C=O) groups excluding carboxylic acids is 1. The van der Waals surface area contributed by atoms with Crippen LogP contribution in [0.25, 0.3) is 0 Å². The van der Waals surface area contributed by atoms with Crippen LogP contribution >= 0.6 is 0 Å². The lowest BCUT2D eigenvalue weighted by molar-refractivity contribution is -0.132. The molecule has 2 atom stereocenters. The van der Waals surface area contributed by atoms with Crippen LogP contribution in [0.4, 0.5) is 0 Å². The summed E-state index contributed by atoms with van der Waals surface area (Å²) in [5, 5.41) is 12.3. The lowest BCUT2D eigenvalue weighted by Gasteiger charge is -2.30. The van der Waals surface area contributed by atoms with Gasteiger partial charge in [-0.15, -0.1) is 0 Å². The summed E-state index contributed by atoms with van der Waals surface area (Å²) in [7, 11) is 1.48. The summed E-state index contributed by atoms with van der Waals surface area (Å²) in [5.74, 6) is -0.243. The molecule has 1 aromatic carbocycles. The number of hydrogen-bond acceptors (Lipinski definition) is 3. The highest BCUT2D eigenvalue weighted by atomic mass is 16.5. The third kappa shape index (κ3) is 3.28. The van der Waals surface area contributed by atoms with Crippen molar-refractivity contribution < 1.29 is 14.6 Å². The van der Waals surface area contributed by atoms with E-state index in [0.29, 0.717) is 0 Å². The lowest BCUT2D eigenvalue weighted by atomic mass is 9.92. The summed E-state index contributed by atoms with van der Waals surface area (Å²) >= 11 is 0. The Morgan fingerprint density at radius 1 is 1.47 bits per heavy atom. The molecule has 1 rings (SSSR count). The second-order valence-corrected chi connectivity index (χ2v) is 4.22. The van der Waals surface area contributed by atoms with Crippen LogP contribution in [0.3, 0.4) is 0 Å². The smallest absolute Gasteiger partial charge is 0.249 e. The van der Waals surface area contributed by atoms with E-state index in [4.69, 9.17) is 4.74 Å². The van der Waals surface area contributed by atoms with E-state index in [2.05, 4.69) is 5.32 Å². The molecule has 2 N–H and O–H groups in total. The van der Waals surface area contributed by atoms with Crippen LogP contribution in [0.5, 0.6) is 0 Å². The van der Waals surface area contributed by atoms with Crippen molar-refractivity contribution in [1.82, 2.24) is 5.32 Å². The van der Waals surface area contributed by atoms with Gasteiger partial charge in [0.2, 0.25) is 5.91 Å². The average molecular weight is 237 g/mol. The minimum Gasteiger partial charge on any atom is -0.394 e. The monoisotopic (exact) mass is 237 g/mol. The Labute approximate surface area is 102 Å². The molecule has 0 heterocycles. The third-order valence-corrected chi connectivity index (χ3v) is 2.85. The largest absolute Gasteiger partial charge is 0.394 e. The molecule has 0 aliphatic carbocycles. The number of rotatable bonds is 5. The van der Waals surface area contributed by atoms with Crippen molar-refractivity contribution in [3.05, 3.63) is 35.9 Å². The van der Waals surface area contributed by atoms with Crippen LogP contribution in [0.2, 0.25) is 0 Å². The van der Waals surface area contributed by atoms with Crippen LogP contribution in [-0.2, 0) is 15.1 Å². The summed E-state index contributed by atoms with van der Waals surface area (Å²) in [6.45, 7) is 3.28. The van der Waals surface area contributed by atoms with E-state index in [9.17, 15) is 9.90 Å². The standard InChI is InChI=1S/C13H19NO3/c1-10(17-3)12(16)14-13(2,9-15)11-7-5-4-6-8-11/h4-8,10,15H,9H2,1-3H3,(H,14,16). The van der Waals surface area contributed by atoms with Gasteiger partial charge in [-0.2, -0.15) is 0 Å². The normalized spacial score (nSPS) is 16.0. The molecule has 1 aromatic rings. The minimum atomic E-state index is -0.787. The SMILES string of the molecule is COC(C)C(=O)NC(C)(CO)c1ccccc1. The van der Waals surface area contributed by atoms with Gasteiger partial charge in [-0.3, -0.25) is 4.79 Å². The summed E-state index contributed by atoms with van der Waals surface area (Å²) in [4.78, 5) is 11.8. The van der Waals surface area contributed by atoms with Crippen LogP contribution in [0, 0.1) is 0 Å². The van der Waals surface area contributed by atoms with Crippen molar-refractivity contribution in [3.8, 4) is 0 Å². The molecule has 2 unspecified atom stereocenters. The zero-order valence-corrected chi connectivity index (χ0v) is 10.4. The maximum absolute atomic E-state index is 11.8. The molecule has 0 bridgehead atoms. The zero-order valence-electron chi connectivity index (χ0n) is 10.4. The molecular weight excluding hydrogens is 218 g/mol. The Balaban J connectivity index is 2.87. The van der Waals surface area contributed by atoms with Crippen molar-refractivity contribution in [2.24, 2.45) is 0 Å². The van der Waals surface area contributed by atoms with E-state index in [0.717, 1.165) is 5.56 Å². The van der Waals surface area contributed by atoms with E-state index in [1.54, 1.807) is 13.8 Å². The van der Waals surface area contributed by atoms with Crippen molar-refractivity contribution in [2.75, 3.05) is 13.7 Å². The van der Waals surface area contributed by atoms with E-state index in [-0.39, 0.29) is 12.5 Å². The van der Waals surface area contributed by atoms with Crippen molar-refractivity contribution in [2.45, 2.75) is 25.5 Å². The fraction of sp³-hybridized carbons (Fsp3) is 0.462. The molecule has 0 aliphatic heterocycles. The molecule has 0 saturated heterocycles. The van der Waals surface area contributed by atoms with E-state index in [1.165, 1.54) is 7.11 Å². The predicted octanol–water partition coefficient (Wildman–Crippen LogP) is 1.05. The number of benzene rings is 1. The second-order valence-electron chi connectivity index (χ2n) is 4.22. The van der Waals surface area contributed by atoms with Crippen LogP contribution in [-0.4, -0.2) is 30.8 Å². The van der Waals surface area contributed by atoms with E-state index in [1.807, 2.05) is 30.3 Å². The first-order valence-corrected chi connectivity index (χ1v) is 5.54. The molecule has 0 aliphatic rings. The molecule has 0 spiro atoms. The molecule has 94 valence electrons. The number of amides is 1. The number of hydrogen-bond donors (Lipinski definition) is 2. The van der Waals surface area contributed by atoms with Gasteiger partial charge < -0.3 is 15.2 Å². The lowest BCUT2D eigenvalue weighted by Crippen LogP contribution is -2.49. The highest BCUT2D eigenvalue weighted by Crippen LogP contribution is 2.19. The first kappa shape index (κ1) is 13.7. The Morgan fingerprint density at radius 3 is 2.53 bits per heavy atom. The maximum Gasteiger partial charge on any atom is 0.249 e. The van der Waals surface area contributed by atoms with E-state index >= 15 is 0 Å². The summed E-state index contributed by atoms with van der Waals surface area (Å²) in [6.07, 6.45) is -0.537. The Morgan fingerprint density at radius 2 is 2.06 bits per heavy atom. The van der Waals surface area contributed by atoms with Crippen LogP contribution in [0.1, 0.15) is 19.4 Å². The van der Waals surface area contributed by atoms with Gasteiger partial charge in [-0.1, -0.05) is 30.3 Å².